The topological polar surface area (TPSA) is 40.6 Å². The molecule has 1 atom stereocenters. The van der Waals surface area contributed by atoms with Crippen LogP contribution in [-0.2, 0) is 9.59 Å². The number of carbonyl (C=O) groups excluding carboxylic acids is 2. The number of anilines is 1. The Kier molecular flexibility index (Phi) is 5.74. The molecule has 1 aliphatic rings. The minimum atomic E-state index is -0.107. The second kappa shape index (κ2) is 7.39. The van der Waals surface area contributed by atoms with E-state index in [4.69, 9.17) is 0 Å². The molecule has 0 saturated heterocycles. The van der Waals surface area contributed by atoms with Crippen molar-refractivity contribution in [2.45, 2.75) is 63.3 Å². The average molecular weight is 334 g/mol. The van der Waals surface area contributed by atoms with Crippen molar-refractivity contribution in [2.24, 2.45) is 0 Å². The van der Waals surface area contributed by atoms with Gasteiger partial charge in [0, 0.05) is 17.0 Å². The summed E-state index contributed by atoms with van der Waals surface area (Å²) in [5.74, 6) is 0.0388. The second-order valence-electron chi connectivity index (χ2n) is 6.40. The first-order chi connectivity index (χ1) is 10.9. The van der Waals surface area contributed by atoms with E-state index >= 15 is 0 Å². The molecule has 0 aliphatic carbocycles. The van der Waals surface area contributed by atoms with Gasteiger partial charge in [0.25, 0.3) is 0 Å². The molecule has 1 heterocycles. The van der Waals surface area contributed by atoms with Crippen LogP contribution in [0, 0.1) is 0 Å². The Morgan fingerprint density at radius 1 is 1.22 bits per heavy atom. The minimum Gasteiger partial charge on any atom is -0.336 e. The van der Waals surface area contributed by atoms with Crippen LogP contribution in [0.1, 0.15) is 41.0 Å². The smallest absolute Gasteiger partial charge is 0.243 e. The predicted molar refractivity (Wildman–Crippen MR) is 95.8 cm³/mol. The lowest BCUT2D eigenvalue weighted by molar-refractivity contribution is -0.134. The van der Waals surface area contributed by atoms with Crippen LogP contribution in [0.3, 0.4) is 0 Å². The van der Waals surface area contributed by atoms with E-state index in [1.807, 2.05) is 63.8 Å². The van der Waals surface area contributed by atoms with Crippen LogP contribution in [-0.4, -0.2) is 40.6 Å². The number of hydrogen-bond acceptors (Lipinski definition) is 3. The zero-order valence-electron chi connectivity index (χ0n) is 14.6. The van der Waals surface area contributed by atoms with Gasteiger partial charge in [-0.1, -0.05) is 19.1 Å². The summed E-state index contributed by atoms with van der Waals surface area (Å²) in [5, 5.41) is -0.107. The third-order valence-corrected chi connectivity index (χ3v) is 5.45. The van der Waals surface area contributed by atoms with Crippen LogP contribution in [0.4, 0.5) is 5.69 Å². The monoisotopic (exact) mass is 334 g/mol. The van der Waals surface area contributed by atoms with Crippen LogP contribution in [0.15, 0.2) is 29.2 Å². The summed E-state index contributed by atoms with van der Waals surface area (Å²) in [6, 6.07) is 8.08. The zero-order chi connectivity index (χ0) is 17.1. The van der Waals surface area contributed by atoms with Crippen molar-refractivity contribution in [3.63, 3.8) is 0 Å². The number of rotatable bonds is 5. The fraction of sp³-hybridized carbons (Fsp3) is 0.556. The molecule has 0 spiro atoms. The first-order valence-corrected chi connectivity index (χ1v) is 9.13. The van der Waals surface area contributed by atoms with Crippen molar-refractivity contribution >= 4 is 29.3 Å². The van der Waals surface area contributed by atoms with E-state index in [-0.39, 0.29) is 35.7 Å². The van der Waals surface area contributed by atoms with Crippen LogP contribution >= 0.6 is 11.8 Å². The molecule has 126 valence electrons. The third kappa shape index (κ3) is 3.71. The van der Waals surface area contributed by atoms with Crippen molar-refractivity contribution < 1.29 is 9.59 Å². The molecule has 2 amide bonds. The molecule has 1 aromatic rings. The lowest BCUT2D eigenvalue weighted by Gasteiger charge is -2.36. The van der Waals surface area contributed by atoms with Gasteiger partial charge in [-0.3, -0.25) is 9.59 Å². The van der Waals surface area contributed by atoms with Crippen molar-refractivity contribution in [2.75, 3.05) is 11.4 Å². The number of amides is 2. The molecule has 0 saturated carbocycles. The van der Waals surface area contributed by atoms with Gasteiger partial charge in [-0.2, -0.15) is 0 Å². The highest BCUT2D eigenvalue weighted by molar-refractivity contribution is 8.01. The maximum absolute atomic E-state index is 12.8. The van der Waals surface area contributed by atoms with Gasteiger partial charge in [-0.05, 0) is 46.2 Å². The lowest BCUT2D eigenvalue weighted by atomic mass is 10.2. The summed E-state index contributed by atoms with van der Waals surface area (Å²) in [7, 11) is 0. The van der Waals surface area contributed by atoms with E-state index in [2.05, 4.69) is 0 Å². The highest BCUT2D eigenvalue weighted by Crippen LogP contribution is 2.40. The van der Waals surface area contributed by atoms with E-state index < -0.39 is 0 Å². The van der Waals surface area contributed by atoms with E-state index in [1.54, 1.807) is 16.7 Å². The zero-order valence-corrected chi connectivity index (χ0v) is 15.4. The van der Waals surface area contributed by atoms with E-state index in [0.29, 0.717) is 0 Å². The SMILES string of the molecule is CC[C@H]1Sc2ccccc2N(CC(=O)N(C(C)C)C(C)C)C1=O. The Morgan fingerprint density at radius 2 is 1.83 bits per heavy atom. The van der Waals surface area contributed by atoms with Gasteiger partial charge in [0.2, 0.25) is 11.8 Å². The Hall–Kier alpha value is -1.49. The van der Waals surface area contributed by atoms with Gasteiger partial charge in [0.1, 0.15) is 6.54 Å². The Labute approximate surface area is 143 Å². The molecule has 2 rings (SSSR count). The average Bonchev–Trinajstić information content (AvgIpc) is 2.49. The molecule has 0 radical (unpaired) electrons. The first kappa shape index (κ1) is 17.9. The van der Waals surface area contributed by atoms with Crippen LogP contribution < -0.4 is 4.90 Å². The second-order valence-corrected chi connectivity index (χ2v) is 7.64. The minimum absolute atomic E-state index is 0.0000869. The predicted octanol–water partition coefficient (Wildman–Crippen LogP) is 3.55. The summed E-state index contributed by atoms with van der Waals surface area (Å²) in [6.45, 7) is 10.2. The number of benzene rings is 1. The highest BCUT2D eigenvalue weighted by Gasteiger charge is 2.34. The fourth-order valence-electron chi connectivity index (χ4n) is 3.09. The lowest BCUT2D eigenvalue weighted by Crippen LogP contribution is -2.51. The molecule has 1 aromatic carbocycles. The molecule has 5 heteroatoms. The van der Waals surface area contributed by atoms with Crippen molar-refractivity contribution in [1.82, 2.24) is 4.90 Å². The van der Waals surface area contributed by atoms with Crippen LogP contribution in [0.2, 0.25) is 0 Å². The number of thioether (sulfide) groups is 1. The van der Waals surface area contributed by atoms with Gasteiger partial charge in [-0.15, -0.1) is 11.8 Å². The summed E-state index contributed by atoms with van der Waals surface area (Å²) in [5.41, 5.74) is 0.855. The quantitative estimate of drug-likeness (QED) is 0.827. The van der Waals surface area contributed by atoms with Gasteiger partial charge < -0.3 is 9.80 Å². The Bertz CT molecular complexity index is 578. The number of nitrogens with zero attached hydrogens (tertiary/aromatic N) is 2. The standard InChI is InChI=1S/C18H26N2O2S/c1-6-15-18(22)19(14-9-7-8-10-16(14)23-15)11-17(21)20(12(2)3)13(4)5/h7-10,12-13,15H,6,11H2,1-5H3/t15-/m1/s1. The summed E-state index contributed by atoms with van der Waals surface area (Å²) < 4.78 is 0. The molecule has 23 heavy (non-hydrogen) atoms. The Balaban J connectivity index is 2.30. The molecule has 0 aromatic heterocycles. The number of hydrogen-bond donors (Lipinski definition) is 0. The molecule has 4 nitrogen and oxygen atoms in total. The molecule has 0 fully saturated rings. The largest absolute Gasteiger partial charge is 0.336 e. The summed E-state index contributed by atoms with van der Waals surface area (Å²) in [6.07, 6.45) is 0.764. The molecule has 0 bridgehead atoms. The van der Waals surface area contributed by atoms with Gasteiger partial charge >= 0.3 is 0 Å². The van der Waals surface area contributed by atoms with Crippen molar-refractivity contribution in [3.05, 3.63) is 24.3 Å². The maximum atomic E-state index is 12.8. The normalized spacial score (nSPS) is 17.6. The van der Waals surface area contributed by atoms with E-state index in [1.165, 1.54) is 0 Å². The molecule has 0 N–H and O–H groups in total. The molecular formula is C18H26N2O2S. The molecule has 1 aliphatic heterocycles. The van der Waals surface area contributed by atoms with Crippen molar-refractivity contribution in [1.29, 1.82) is 0 Å². The van der Waals surface area contributed by atoms with Crippen LogP contribution in [0.25, 0.3) is 0 Å². The molecule has 0 unspecified atom stereocenters. The molecular weight excluding hydrogens is 308 g/mol. The Morgan fingerprint density at radius 3 is 2.39 bits per heavy atom. The summed E-state index contributed by atoms with van der Waals surface area (Å²) in [4.78, 5) is 30.1. The number of fused-ring (bicyclic) bond motifs is 1. The van der Waals surface area contributed by atoms with E-state index in [0.717, 1.165) is 17.0 Å². The first-order valence-electron chi connectivity index (χ1n) is 8.25. The highest BCUT2D eigenvalue weighted by atomic mass is 32.2. The third-order valence-electron chi connectivity index (χ3n) is 4.03. The van der Waals surface area contributed by atoms with Gasteiger partial charge in [0.15, 0.2) is 0 Å². The number of carbonyl (C=O) groups is 2. The van der Waals surface area contributed by atoms with Crippen LogP contribution in [0.5, 0.6) is 0 Å². The van der Waals surface area contributed by atoms with E-state index in [9.17, 15) is 9.59 Å². The maximum Gasteiger partial charge on any atom is 0.243 e. The van der Waals surface area contributed by atoms with Crippen molar-refractivity contribution in [3.8, 4) is 0 Å². The fourth-order valence-corrected chi connectivity index (χ4v) is 4.24. The van der Waals surface area contributed by atoms with Gasteiger partial charge in [0.05, 0.1) is 10.9 Å². The van der Waals surface area contributed by atoms with Gasteiger partial charge in [-0.25, -0.2) is 0 Å². The summed E-state index contributed by atoms with van der Waals surface area (Å²) >= 11 is 1.60. The number of para-hydroxylation sites is 1.